The van der Waals surface area contributed by atoms with Crippen LogP contribution in [0.25, 0.3) is 0 Å². The number of anilines is 2. The van der Waals surface area contributed by atoms with Crippen molar-refractivity contribution in [2.24, 2.45) is 5.73 Å². The molecule has 2 unspecified atom stereocenters. The average Bonchev–Trinajstić information content (AvgIpc) is 2.23. The Morgan fingerprint density at radius 1 is 1.19 bits per heavy atom. The fourth-order valence-corrected chi connectivity index (χ4v) is 1.62. The van der Waals surface area contributed by atoms with Crippen molar-refractivity contribution in [2.45, 2.75) is 25.6 Å². The lowest BCUT2D eigenvalue weighted by Crippen LogP contribution is -2.22. The van der Waals surface area contributed by atoms with Gasteiger partial charge in [-0.25, -0.2) is 0 Å². The minimum atomic E-state index is -0.980. The quantitative estimate of drug-likeness (QED) is 0.459. The maximum Gasteiger partial charge on any atom is 0.105 e. The highest BCUT2D eigenvalue weighted by Gasteiger charge is 2.20. The second kappa shape index (κ2) is 5.16. The number of hydrogen-bond donors (Lipinski definition) is 5. The molecule has 16 heavy (non-hydrogen) atoms. The van der Waals surface area contributed by atoms with Crippen molar-refractivity contribution in [2.75, 3.05) is 18.0 Å². The largest absolute Gasteiger partial charge is 0.397 e. The molecule has 0 saturated heterocycles. The first-order valence-corrected chi connectivity index (χ1v) is 5.19. The third-order valence-corrected chi connectivity index (χ3v) is 2.62. The second-order valence-electron chi connectivity index (χ2n) is 3.93. The van der Waals surface area contributed by atoms with Crippen LogP contribution in [-0.2, 0) is 0 Å². The van der Waals surface area contributed by atoms with E-state index in [2.05, 4.69) is 0 Å². The summed E-state index contributed by atoms with van der Waals surface area (Å²) in [6, 6.07) is 3.28. The summed E-state index contributed by atoms with van der Waals surface area (Å²) in [6.45, 7) is 2.13. The van der Waals surface area contributed by atoms with Crippen LogP contribution in [0.15, 0.2) is 12.1 Å². The molecule has 0 heterocycles. The molecule has 8 N–H and O–H groups in total. The summed E-state index contributed by atoms with van der Waals surface area (Å²) in [6.07, 6.45) is -1.52. The van der Waals surface area contributed by atoms with E-state index in [0.29, 0.717) is 29.9 Å². The van der Waals surface area contributed by atoms with E-state index in [1.807, 2.05) is 6.92 Å². The van der Waals surface area contributed by atoms with Gasteiger partial charge in [-0.2, -0.15) is 0 Å². The van der Waals surface area contributed by atoms with Crippen LogP contribution in [-0.4, -0.2) is 22.9 Å². The van der Waals surface area contributed by atoms with Gasteiger partial charge < -0.3 is 27.4 Å². The Balaban J connectivity index is 2.99. The third kappa shape index (κ3) is 2.63. The Morgan fingerprint density at radius 2 is 1.75 bits per heavy atom. The molecule has 0 radical (unpaired) electrons. The van der Waals surface area contributed by atoms with Crippen LogP contribution in [0.4, 0.5) is 11.4 Å². The standard InChI is InChI=1S/C11H19N3O2/c1-6-4-8(13)9(14)5-7(6)11(16)10(15)2-3-12/h4-5,10-11,15-16H,2-3,12-14H2,1H3. The topological polar surface area (TPSA) is 119 Å². The molecule has 0 aromatic heterocycles. The van der Waals surface area contributed by atoms with E-state index < -0.39 is 12.2 Å². The van der Waals surface area contributed by atoms with Gasteiger partial charge in [0.05, 0.1) is 17.5 Å². The summed E-state index contributed by atoms with van der Waals surface area (Å²) < 4.78 is 0. The van der Waals surface area contributed by atoms with Crippen molar-refractivity contribution >= 4 is 11.4 Å². The number of benzene rings is 1. The minimum Gasteiger partial charge on any atom is -0.397 e. The van der Waals surface area contributed by atoms with E-state index in [1.165, 1.54) is 0 Å². The molecule has 0 fully saturated rings. The Hall–Kier alpha value is -1.30. The van der Waals surface area contributed by atoms with Crippen molar-refractivity contribution < 1.29 is 10.2 Å². The van der Waals surface area contributed by atoms with Gasteiger partial charge in [0, 0.05) is 0 Å². The fourth-order valence-electron chi connectivity index (χ4n) is 1.62. The number of aliphatic hydroxyl groups excluding tert-OH is 2. The molecular formula is C11H19N3O2. The van der Waals surface area contributed by atoms with Crippen molar-refractivity contribution in [3.8, 4) is 0 Å². The predicted molar refractivity (Wildman–Crippen MR) is 64.6 cm³/mol. The number of hydrogen-bond acceptors (Lipinski definition) is 5. The molecule has 0 aliphatic carbocycles. The monoisotopic (exact) mass is 225 g/mol. The summed E-state index contributed by atoms with van der Waals surface area (Å²) in [5.74, 6) is 0. The predicted octanol–water partition coefficient (Wildman–Crippen LogP) is -0.0975. The van der Waals surface area contributed by atoms with Crippen molar-refractivity contribution in [3.63, 3.8) is 0 Å². The van der Waals surface area contributed by atoms with Crippen LogP contribution in [0.1, 0.15) is 23.7 Å². The van der Waals surface area contributed by atoms with Gasteiger partial charge in [0.15, 0.2) is 0 Å². The molecule has 1 aromatic rings. The highest BCUT2D eigenvalue weighted by atomic mass is 16.3. The first kappa shape index (κ1) is 12.8. The van der Waals surface area contributed by atoms with Crippen LogP contribution in [0.5, 0.6) is 0 Å². The minimum absolute atomic E-state index is 0.321. The first-order valence-electron chi connectivity index (χ1n) is 5.19. The van der Waals surface area contributed by atoms with E-state index in [9.17, 15) is 10.2 Å². The molecule has 0 spiro atoms. The van der Waals surface area contributed by atoms with Crippen LogP contribution in [0, 0.1) is 6.92 Å². The molecule has 5 nitrogen and oxygen atoms in total. The molecule has 1 aromatic carbocycles. The molecule has 0 aliphatic heterocycles. The van der Waals surface area contributed by atoms with Gasteiger partial charge in [0.2, 0.25) is 0 Å². The van der Waals surface area contributed by atoms with Crippen LogP contribution in [0.2, 0.25) is 0 Å². The Kier molecular flexibility index (Phi) is 4.12. The zero-order chi connectivity index (χ0) is 12.3. The number of rotatable bonds is 4. The molecule has 1 rings (SSSR count). The van der Waals surface area contributed by atoms with Gasteiger partial charge in [-0.3, -0.25) is 0 Å². The lowest BCUT2D eigenvalue weighted by Gasteiger charge is -2.20. The van der Waals surface area contributed by atoms with Crippen LogP contribution < -0.4 is 17.2 Å². The Labute approximate surface area is 94.9 Å². The highest BCUT2D eigenvalue weighted by Crippen LogP contribution is 2.27. The normalized spacial score (nSPS) is 14.8. The molecule has 0 bridgehead atoms. The van der Waals surface area contributed by atoms with Gasteiger partial charge in [0.1, 0.15) is 6.10 Å². The Bertz CT molecular complexity index is 368. The number of nitrogen functional groups attached to an aromatic ring is 2. The van der Waals surface area contributed by atoms with E-state index in [4.69, 9.17) is 17.2 Å². The average molecular weight is 225 g/mol. The second-order valence-corrected chi connectivity index (χ2v) is 3.93. The van der Waals surface area contributed by atoms with E-state index in [1.54, 1.807) is 12.1 Å². The lowest BCUT2D eigenvalue weighted by molar-refractivity contribution is 0.0147. The van der Waals surface area contributed by atoms with Crippen LogP contribution >= 0.6 is 0 Å². The van der Waals surface area contributed by atoms with E-state index >= 15 is 0 Å². The first-order chi connectivity index (χ1) is 7.47. The molecule has 0 saturated carbocycles. The molecule has 5 heteroatoms. The summed E-state index contributed by atoms with van der Waals surface area (Å²) in [5.41, 5.74) is 18.9. The van der Waals surface area contributed by atoms with Gasteiger partial charge >= 0.3 is 0 Å². The number of aryl methyl sites for hydroxylation is 1. The molecule has 0 aliphatic rings. The van der Waals surface area contributed by atoms with Gasteiger partial charge in [-0.05, 0) is 43.1 Å². The summed E-state index contributed by atoms with van der Waals surface area (Å²) in [4.78, 5) is 0. The molecule has 0 amide bonds. The molecule has 90 valence electrons. The Morgan fingerprint density at radius 3 is 2.31 bits per heavy atom. The molecular weight excluding hydrogens is 206 g/mol. The van der Waals surface area contributed by atoms with E-state index in [0.717, 1.165) is 5.56 Å². The number of nitrogens with two attached hydrogens (primary N) is 3. The fraction of sp³-hybridized carbons (Fsp3) is 0.455. The van der Waals surface area contributed by atoms with Crippen molar-refractivity contribution in [1.82, 2.24) is 0 Å². The SMILES string of the molecule is Cc1cc(N)c(N)cc1C(O)C(O)CCN. The lowest BCUT2D eigenvalue weighted by atomic mass is 9.96. The maximum absolute atomic E-state index is 9.91. The van der Waals surface area contributed by atoms with Gasteiger partial charge in [-0.15, -0.1) is 0 Å². The third-order valence-electron chi connectivity index (χ3n) is 2.62. The maximum atomic E-state index is 9.91. The smallest absolute Gasteiger partial charge is 0.105 e. The zero-order valence-corrected chi connectivity index (χ0v) is 9.35. The molecule has 2 atom stereocenters. The van der Waals surface area contributed by atoms with Crippen molar-refractivity contribution in [3.05, 3.63) is 23.3 Å². The number of aliphatic hydroxyl groups is 2. The van der Waals surface area contributed by atoms with Crippen molar-refractivity contribution in [1.29, 1.82) is 0 Å². The van der Waals surface area contributed by atoms with Gasteiger partial charge in [0.25, 0.3) is 0 Å². The zero-order valence-electron chi connectivity index (χ0n) is 9.35. The summed E-state index contributed by atoms with van der Waals surface area (Å²) >= 11 is 0. The van der Waals surface area contributed by atoms with Gasteiger partial charge in [-0.1, -0.05) is 0 Å². The highest BCUT2D eigenvalue weighted by molar-refractivity contribution is 5.66. The summed E-state index contributed by atoms with van der Waals surface area (Å²) in [7, 11) is 0. The summed E-state index contributed by atoms with van der Waals surface area (Å²) in [5, 5.41) is 19.6. The van der Waals surface area contributed by atoms with E-state index in [-0.39, 0.29) is 0 Å². The van der Waals surface area contributed by atoms with Crippen LogP contribution in [0.3, 0.4) is 0 Å².